The van der Waals surface area contributed by atoms with Crippen LogP contribution in [0.1, 0.15) is 37.4 Å². The molecule has 0 amide bonds. The summed E-state index contributed by atoms with van der Waals surface area (Å²) in [5, 5.41) is 7.79. The number of halogens is 2. The fourth-order valence-electron chi connectivity index (χ4n) is 2.28. The van der Waals surface area contributed by atoms with Crippen molar-refractivity contribution in [3.63, 3.8) is 0 Å². The second-order valence-electron chi connectivity index (χ2n) is 5.09. The van der Waals surface area contributed by atoms with E-state index < -0.39 is 0 Å². The zero-order valence-electron chi connectivity index (χ0n) is 12.4. The molecule has 0 saturated heterocycles. The number of aryl methyl sites for hydroxylation is 1. The molecule has 0 spiro atoms. The number of nitrogens with one attached hydrogen (secondary N) is 1. The van der Waals surface area contributed by atoms with Gasteiger partial charge in [-0.15, -0.1) is 0 Å². The Kier molecular flexibility index (Phi) is 5.94. The Bertz CT molecular complexity index is 583. The Hall–Kier alpha value is -1.20. The van der Waals surface area contributed by atoms with Gasteiger partial charge in [0.1, 0.15) is 5.82 Å². The molecule has 1 atom stereocenters. The molecule has 21 heavy (non-hydrogen) atoms. The molecule has 0 aliphatic heterocycles. The monoisotopic (exact) mass is 353 g/mol. The fourth-order valence-corrected chi connectivity index (χ4v) is 2.52. The van der Waals surface area contributed by atoms with Gasteiger partial charge in [-0.2, -0.15) is 5.10 Å². The molecular weight excluding hydrogens is 333 g/mol. The highest BCUT2D eigenvalue weighted by Gasteiger charge is 2.14. The summed E-state index contributed by atoms with van der Waals surface area (Å²) in [6.45, 7) is 5.96. The van der Waals surface area contributed by atoms with E-state index in [1.807, 2.05) is 16.9 Å². The van der Waals surface area contributed by atoms with E-state index in [-0.39, 0.29) is 11.9 Å². The summed E-state index contributed by atoms with van der Waals surface area (Å²) in [6, 6.07) is 5.43. The average Bonchev–Trinajstić information content (AvgIpc) is 2.94. The Morgan fingerprint density at radius 2 is 2.19 bits per heavy atom. The van der Waals surface area contributed by atoms with E-state index in [1.165, 1.54) is 0 Å². The number of aromatic nitrogens is 2. The van der Waals surface area contributed by atoms with E-state index in [0.717, 1.165) is 37.1 Å². The SMILES string of the molecule is CCCNC(Cc1cnn(CC)c1)c1ccc(Br)c(F)c1. The molecule has 0 radical (unpaired) electrons. The summed E-state index contributed by atoms with van der Waals surface area (Å²) in [4.78, 5) is 0. The van der Waals surface area contributed by atoms with Crippen LogP contribution in [0.2, 0.25) is 0 Å². The normalized spacial score (nSPS) is 12.6. The third-order valence-corrected chi connectivity index (χ3v) is 4.08. The van der Waals surface area contributed by atoms with Crippen molar-refractivity contribution in [3.05, 3.63) is 52.0 Å². The molecule has 5 heteroatoms. The van der Waals surface area contributed by atoms with Crippen molar-refractivity contribution in [2.45, 2.75) is 39.3 Å². The first-order valence-electron chi connectivity index (χ1n) is 7.33. The lowest BCUT2D eigenvalue weighted by molar-refractivity contribution is 0.523. The second kappa shape index (κ2) is 7.71. The summed E-state index contributed by atoms with van der Waals surface area (Å²) >= 11 is 3.20. The average molecular weight is 354 g/mol. The predicted octanol–water partition coefficient (Wildman–Crippen LogP) is 4.09. The van der Waals surface area contributed by atoms with Crippen molar-refractivity contribution in [2.75, 3.05) is 6.54 Å². The van der Waals surface area contributed by atoms with Gasteiger partial charge >= 0.3 is 0 Å². The summed E-state index contributed by atoms with van der Waals surface area (Å²) in [6.07, 6.45) is 5.79. The lowest BCUT2D eigenvalue weighted by atomic mass is 10.0. The van der Waals surface area contributed by atoms with Crippen LogP contribution in [0.4, 0.5) is 4.39 Å². The highest BCUT2D eigenvalue weighted by Crippen LogP contribution is 2.23. The lowest BCUT2D eigenvalue weighted by Gasteiger charge is -2.18. The van der Waals surface area contributed by atoms with E-state index in [0.29, 0.717) is 4.47 Å². The molecule has 0 bridgehead atoms. The Morgan fingerprint density at radius 1 is 1.38 bits per heavy atom. The summed E-state index contributed by atoms with van der Waals surface area (Å²) in [5.41, 5.74) is 2.13. The number of rotatable bonds is 7. The first-order chi connectivity index (χ1) is 10.1. The molecular formula is C16H21BrFN3. The topological polar surface area (TPSA) is 29.9 Å². The Labute approximate surface area is 133 Å². The predicted molar refractivity (Wildman–Crippen MR) is 86.7 cm³/mol. The number of hydrogen-bond acceptors (Lipinski definition) is 2. The fraction of sp³-hybridized carbons (Fsp3) is 0.438. The minimum absolute atomic E-state index is 0.0991. The van der Waals surface area contributed by atoms with Crippen molar-refractivity contribution in [3.8, 4) is 0 Å². The summed E-state index contributed by atoms with van der Waals surface area (Å²) < 4.78 is 16.2. The van der Waals surface area contributed by atoms with E-state index >= 15 is 0 Å². The number of benzene rings is 1. The van der Waals surface area contributed by atoms with Crippen molar-refractivity contribution in [2.24, 2.45) is 0 Å². The lowest BCUT2D eigenvalue weighted by Crippen LogP contribution is -2.24. The van der Waals surface area contributed by atoms with Gasteiger partial charge in [0.15, 0.2) is 0 Å². The number of hydrogen-bond donors (Lipinski definition) is 1. The van der Waals surface area contributed by atoms with Crippen molar-refractivity contribution in [1.29, 1.82) is 0 Å². The highest BCUT2D eigenvalue weighted by atomic mass is 79.9. The van der Waals surface area contributed by atoms with Gasteiger partial charge in [0, 0.05) is 18.8 Å². The van der Waals surface area contributed by atoms with Gasteiger partial charge < -0.3 is 5.32 Å². The first kappa shape index (κ1) is 16.2. The standard InChI is InChI=1S/C16H21BrFN3/c1-3-7-19-16(8-12-10-20-21(4-2)11-12)13-5-6-14(17)15(18)9-13/h5-6,9-11,16,19H,3-4,7-8H2,1-2H3. The molecule has 3 nitrogen and oxygen atoms in total. The van der Waals surface area contributed by atoms with Crippen molar-refractivity contribution in [1.82, 2.24) is 15.1 Å². The minimum atomic E-state index is -0.222. The van der Waals surface area contributed by atoms with Crippen LogP contribution in [0.5, 0.6) is 0 Å². The van der Waals surface area contributed by atoms with Crippen LogP contribution in [0, 0.1) is 5.82 Å². The van der Waals surface area contributed by atoms with E-state index in [2.05, 4.69) is 46.4 Å². The van der Waals surface area contributed by atoms with Gasteiger partial charge in [-0.1, -0.05) is 13.0 Å². The molecule has 1 heterocycles. The summed E-state index contributed by atoms with van der Waals surface area (Å²) in [7, 11) is 0. The number of nitrogens with zero attached hydrogens (tertiary/aromatic N) is 2. The van der Waals surface area contributed by atoms with Gasteiger partial charge in [0.05, 0.1) is 10.7 Å². The van der Waals surface area contributed by atoms with Crippen LogP contribution in [0.15, 0.2) is 35.1 Å². The van der Waals surface area contributed by atoms with Gasteiger partial charge in [-0.3, -0.25) is 4.68 Å². The quantitative estimate of drug-likeness (QED) is 0.812. The van der Waals surface area contributed by atoms with Crippen LogP contribution in [0.3, 0.4) is 0 Å². The zero-order chi connectivity index (χ0) is 15.2. The molecule has 0 saturated carbocycles. The van der Waals surface area contributed by atoms with Gasteiger partial charge in [0.2, 0.25) is 0 Å². The molecule has 1 aromatic carbocycles. The molecule has 2 aromatic rings. The maximum atomic E-state index is 13.8. The molecule has 0 aliphatic carbocycles. The van der Waals surface area contributed by atoms with Crippen LogP contribution >= 0.6 is 15.9 Å². The molecule has 1 unspecified atom stereocenters. The minimum Gasteiger partial charge on any atom is -0.310 e. The third-order valence-electron chi connectivity index (χ3n) is 3.44. The van der Waals surface area contributed by atoms with Gasteiger partial charge in [-0.25, -0.2) is 4.39 Å². The van der Waals surface area contributed by atoms with Crippen LogP contribution in [0.25, 0.3) is 0 Å². The van der Waals surface area contributed by atoms with E-state index in [4.69, 9.17) is 0 Å². The molecule has 2 rings (SSSR count). The van der Waals surface area contributed by atoms with Crippen molar-refractivity contribution >= 4 is 15.9 Å². The smallest absolute Gasteiger partial charge is 0.137 e. The van der Waals surface area contributed by atoms with Gasteiger partial charge in [0.25, 0.3) is 0 Å². The second-order valence-corrected chi connectivity index (χ2v) is 5.94. The van der Waals surface area contributed by atoms with Crippen LogP contribution < -0.4 is 5.32 Å². The first-order valence-corrected chi connectivity index (χ1v) is 8.13. The largest absolute Gasteiger partial charge is 0.310 e. The zero-order valence-corrected chi connectivity index (χ0v) is 14.0. The maximum Gasteiger partial charge on any atom is 0.137 e. The third kappa shape index (κ3) is 4.38. The van der Waals surface area contributed by atoms with E-state index in [9.17, 15) is 4.39 Å². The molecule has 114 valence electrons. The van der Waals surface area contributed by atoms with Crippen molar-refractivity contribution < 1.29 is 4.39 Å². The highest BCUT2D eigenvalue weighted by molar-refractivity contribution is 9.10. The summed E-state index contributed by atoms with van der Waals surface area (Å²) in [5.74, 6) is -0.222. The molecule has 1 aromatic heterocycles. The Balaban J connectivity index is 2.18. The Morgan fingerprint density at radius 3 is 2.81 bits per heavy atom. The molecule has 1 N–H and O–H groups in total. The van der Waals surface area contributed by atoms with Gasteiger partial charge in [-0.05, 0) is 65.5 Å². The van der Waals surface area contributed by atoms with E-state index in [1.54, 1.807) is 12.1 Å². The molecule has 0 fully saturated rings. The maximum absolute atomic E-state index is 13.8. The van der Waals surface area contributed by atoms with Crippen LogP contribution in [-0.2, 0) is 13.0 Å². The molecule has 0 aliphatic rings. The van der Waals surface area contributed by atoms with Crippen LogP contribution in [-0.4, -0.2) is 16.3 Å².